The van der Waals surface area contributed by atoms with Crippen molar-refractivity contribution in [3.05, 3.63) is 0 Å². The summed E-state index contributed by atoms with van der Waals surface area (Å²) in [5.41, 5.74) is 0. The zero-order valence-electron chi connectivity index (χ0n) is 5.89. The van der Waals surface area contributed by atoms with E-state index in [1.807, 2.05) is 6.92 Å². The molecule has 0 saturated carbocycles. The van der Waals surface area contributed by atoms with Crippen LogP contribution in [0.25, 0.3) is 0 Å². The number of amides is 2. The van der Waals surface area contributed by atoms with E-state index in [0.717, 1.165) is 11.4 Å². The third-order valence-electron chi connectivity index (χ3n) is 1.48. The Bertz CT molecular complexity index is 153. The Morgan fingerprint density at radius 3 is 2.90 bits per heavy atom. The van der Waals surface area contributed by atoms with Gasteiger partial charge in [-0.15, -0.1) is 0 Å². The fourth-order valence-electron chi connectivity index (χ4n) is 0.940. The van der Waals surface area contributed by atoms with Gasteiger partial charge in [0.1, 0.15) is 0 Å². The van der Waals surface area contributed by atoms with Gasteiger partial charge in [0.25, 0.3) is 0 Å². The van der Waals surface area contributed by atoms with E-state index in [4.69, 9.17) is 12.2 Å². The molecule has 0 aromatic carbocycles. The molecule has 3 nitrogen and oxygen atoms in total. The number of hydrogen-bond acceptors (Lipinski definition) is 2. The molecule has 10 heavy (non-hydrogen) atoms. The van der Waals surface area contributed by atoms with Crippen LogP contribution in [0.4, 0.5) is 4.79 Å². The lowest BCUT2D eigenvalue weighted by atomic mass is 10.3. The molecular formula is C6H10N2OS. The third kappa shape index (κ3) is 1.26. The van der Waals surface area contributed by atoms with Crippen LogP contribution in [0.5, 0.6) is 0 Å². The Labute approximate surface area is 65.4 Å². The quantitative estimate of drug-likeness (QED) is 0.571. The molecule has 4 heteroatoms. The molecule has 1 aliphatic rings. The highest BCUT2D eigenvalue weighted by Crippen LogP contribution is 2.01. The van der Waals surface area contributed by atoms with Gasteiger partial charge < -0.3 is 5.32 Å². The van der Waals surface area contributed by atoms with Gasteiger partial charge in [0, 0.05) is 19.5 Å². The lowest BCUT2D eigenvalue weighted by Crippen LogP contribution is -2.48. The highest BCUT2D eigenvalue weighted by Gasteiger charge is 2.19. The molecule has 0 atom stereocenters. The van der Waals surface area contributed by atoms with Crippen LogP contribution in [0.1, 0.15) is 13.3 Å². The van der Waals surface area contributed by atoms with Crippen molar-refractivity contribution < 1.29 is 4.79 Å². The topological polar surface area (TPSA) is 32.3 Å². The molecule has 0 radical (unpaired) electrons. The SMILES string of the molecule is CCN1C(=O)NCCC1=S. The highest BCUT2D eigenvalue weighted by atomic mass is 32.1. The first kappa shape index (κ1) is 7.47. The summed E-state index contributed by atoms with van der Waals surface area (Å²) in [6.45, 7) is 3.27. The van der Waals surface area contributed by atoms with Crippen LogP contribution < -0.4 is 5.32 Å². The van der Waals surface area contributed by atoms with Crippen LogP contribution in [0.2, 0.25) is 0 Å². The summed E-state index contributed by atoms with van der Waals surface area (Å²) < 4.78 is 0. The van der Waals surface area contributed by atoms with Crippen molar-refractivity contribution in [3.63, 3.8) is 0 Å². The first-order chi connectivity index (χ1) is 4.75. The summed E-state index contributed by atoms with van der Waals surface area (Å²) in [6, 6.07) is -0.0567. The lowest BCUT2D eigenvalue weighted by Gasteiger charge is -2.26. The number of carbonyl (C=O) groups excluding carboxylic acids is 1. The zero-order chi connectivity index (χ0) is 7.56. The Balaban J connectivity index is 2.62. The predicted octanol–water partition coefficient (Wildman–Crippen LogP) is 0.749. The first-order valence-electron chi connectivity index (χ1n) is 3.34. The molecule has 0 spiro atoms. The van der Waals surface area contributed by atoms with E-state index in [9.17, 15) is 4.79 Å². The number of thiocarbonyl (C=S) groups is 1. The van der Waals surface area contributed by atoms with E-state index in [1.54, 1.807) is 4.90 Å². The number of rotatable bonds is 1. The van der Waals surface area contributed by atoms with Crippen LogP contribution >= 0.6 is 12.2 Å². The summed E-state index contributed by atoms with van der Waals surface area (Å²) >= 11 is 4.97. The van der Waals surface area contributed by atoms with Crippen molar-refractivity contribution in [2.75, 3.05) is 13.1 Å². The predicted molar refractivity (Wildman–Crippen MR) is 43.0 cm³/mol. The standard InChI is InChI=1S/C6H10N2OS/c1-2-8-5(10)3-4-7-6(8)9/h2-4H2,1H3,(H,7,9). The molecule has 1 rings (SSSR count). The van der Waals surface area contributed by atoms with Crippen molar-refractivity contribution >= 4 is 23.2 Å². The maximum absolute atomic E-state index is 11.0. The average Bonchev–Trinajstić information content (AvgIpc) is 1.88. The molecular weight excluding hydrogens is 148 g/mol. The molecule has 0 bridgehead atoms. The second-order valence-corrected chi connectivity index (χ2v) is 2.59. The van der Waals surface area contributed by atoms with E-state index >= 15 is 0 Å². The largest absolute Gasteiger partial charge is 0.337 e. The smallest absolute Gasteiger partial charge is 0.322 e. The van der Waals surface area contributed by atoms with Gasteiger partial charge in [0.05, 0.1) is 4.99 Å². The van der Waals surface area contributed by atoms with E-state index < -0.39 is 0 Å². The molecule has 0 aromatic heterocycles. The molecule has 1 heterocycles. The molecule has 1 aliphatic heterocycles. The molecule has 1 fully saturated rings. The summed E-state index contributed by atoms with van der Waals surface area (Å²) in [5, 5.41) is 2.71. The van der Waals surface area contributed by atoms with E-state index in [-0.39, 0.29) is 6.03 Å². The molecule has 2 amide bonds. The van der Waals surface area contributed by atoms with Crippen LogP contribution in [-0.4, -0.2) is 29.0 Å². The van der Waals surface area contributed by atoms with Gasteiger partial charge in [0.15, 0.2) is 0 Å². The average molecular weight is 158 g/mol. The van der Waals surface area contributed by atoms with Crippen molar-refractivity contribution in [1.29, 1.82) is 0 Å². The van der Waals surface area contributed by atoms with E-state index in [1.165, 1.54) is 0 Å². The van der Waals surface area contributed by atoms with Crippen LogP contribution in [0.15, 0.2) is 0 Å². The Morgan fingerprint density at radius 1 is 1.80 bits per heavy atom. The fourth-order valence-corrected chi connectivity index (χ4v) is 1.25. The fraction of sp³-hybridized carbons (Fsp3) is 0.667. The number of nitrogens with zero attached hydrogens (tertiary/aromatic N) is 1. The number of nitrogens with one attached hydrogen (secondary N) is 1. The molecule has 1 saturated heterocycles. The van der Waals surface area contributed by atoms with Crippen molar-refractivity contribution in [2.45, 2.75) is 13.3 Å². The summed E-state index contributed by atoms with van der Waals surface area (Å²) in [6.07, 6.45) is 0.801. The van der Waals surface area contributed by atoms with Gasteiger partial charge in [-0.3, -0.25) is 4.90 Å². The Hall–Kier alpha value is -0.640. The molecule has 0 aromatic rings. The molecule has 56 valence electrons. The van der Waals surface area contributed by atoms with Gasteiger partial charge in [0.2, 0.25) is 0 Å². The van der Waals surface area contributed by atoms with Crippen molar-refractivity contribution in [3.8, 4) is 0 Å². The van der Waals surface area contributed by atoms with E-state index in [0.29, 0.717) is 13.1 Å². The summed E-state index contributed by atoms with van der Waals surface area (Å²) in [7, 11) is 0. The minimum absolute atomic E-state index is 0.0567. The van der Waals surface area contributed by atoms with Gasteiger partial charge >= 0.3 is 6.03 Å². The van der Waals surface area contributed by atoms with Crippen molar-refractivity contribution in [2.24, 2.45) is 0 Å². The van der Waals surface area contributed by atoms with E-state index in [2.05, 4.69) is 5.32 Å². The lowest BCUT2D eigenvalue weighted by molar-refractivity contribution is 0.219. The summed E-state index contributed by atoms with van der Waals surface area (Å²) in [4.78, 5) is 13.3. The number of urea groups is 1. The van der Waals surface area contributed by atoms with Crippen LogP contribution in [0.3, 0.4) is 0 Å². The summed E-state index contributed by atoms with van der Waals surface area (Å²) in [5.74, 6) is 0. The minimum atomic E-state index is -0.0567. The second kappa shape index (κ2) is 2.96. The first-order valence-corrected chi connectivity index (χ1v) is 3.74. The Kier molecular flexibility index (Phi) is 2.21. The minimum Gasteiger partial charge on any atom is -0.337 e. The van der Waals surface area contributed by atoms with Gasteiger partial charge in [-0.2, -0.15) is 0 Å². The third-order valence-corrected chi connectivity index (χ3v) is 1.90. The highest BCUT2D eigenvalue weighted by molar-refractivity contribution is 7.80. The number of hydrogen-bond donors (Lipinski definition) is 1. The molecule has 1 N–H and O–H groups in total. The van der Waals surface area contributed by atoms with Gasteiger partial charge in [-0.05, 0) is 6.92 Å². The van der Waals surface area contributed by atoms with Crippen LogP contribution in [-0.2, 0) is 0 Å². The van der Waals surface area contributed by atoms with Crippen molar-refractivity contribution in [1.82, 2.24) is 10.2 Å². The van der Waals surface area contributed by atoms with Crippen LogP contribution in [0, 0.1) is 0 Å². The van der Waals surface area contributed by atoms with Gasteiger partial charge in [-0.25, -0.2) is 4.79 Å². The maximum atomic E-state index is 11.0. The second-order valence-electron chi connectivity index (χ2n) is 2.12. The zero-order valence-corrected chi connectivity index (χ0v) is 6.70. The monoisotopic (exact) mass is 158 g/mol. The molecule has 0 unspecified atom stereocenters. The maximum Gasteiger partial charge on any atom is 0.322 e. The Morgan fingerprint density at radius 2 is 2.50 bits per heavy atom. The van der Waals surface area contributed by atoms with Gasteiger partial charge in [-0.1, -0.05) is 12.2 Å². The number of carbonyl (C=O) groups is 1. The molecule has 0 aliphatic carbocycles. The normalized spacial score (nSPS) is 19.1.